The number of amides is 2. The zero-order valence-corrected chi connectivity index (χ0v) is 13.2. The summed E-state index contributed by atoms with van der Waals surface area (Å²) in [6.45, 7) is 1.51. The van der Waals surface area contributed by atoms with Crippen LogP contribution in [0.4, 0.5) is 5.69 Å². The fourth-order valence-electron chi connectivity index (χ4n) is 2.61. The van der Waals surface area contributed by atoms with Gasteiger partial charge < -0.3 is 15.4 Å². The molecule has 2 aromatic rings. The first-order chi connectivity index (χ1) is 11.5. The van der Waals surface area contributed by atoms with Crippen LogP contribution < -0.4 is 10.6 Å². The maximum atomic E-state index is 12.2. The van der Waals surface area contributed by atoms with E-state index in [1.807, 2.05) is 36.4 Å². The fourth-order valence-corrected chi connectivity index (χ4v) is 2.61. The van der Waals surface area contributed by atoms with E-state index >= 15 is 0 Å². The smallest absolute Gasteiger partial charge is 0.329 e. The summed E-state index contributed by atoms with van der Waals surface area (Å²) in [4.78, 5) is 35.2. The maximum absolute atomic E-state index is 12.2. The summed E-state index contributed by atoms with van der Waals surface area (Å²) in [6.07, 6.45) is -0.241. The van der Waals surface area contributed by atoms with Gasteiger partial charge in [0.1, 0.15) is 6.04 Å². The number of hydrogen-bond donors (Lipinski definition) is 2. The highest BCUT2D eigenvalue weighted by molar-refractivity contribution is 5.98. The molecule has 6 heteroatoms. The molecule has 3 rings (SSSR count). The predicted molar refractivity (Wildman–Crippen MR) is 89.3 cm³/mol. The lowest BCUT2D eigenvalue weighted by Crippen LogP contribution is -2.39. The second-order valence-electron chi connectivity index (χ2n) is 5.79. The molecule has 1 heterocycles. The summed E-state index contributed by atoms with van der Waals surface area (Å²) in [7, 11) is 0. The van der Waals surface area contributed by atoms with Crippen LogP contribution in [0.3, 0.4) is 0 Å². The number of hydrogen-bond acceptors (Lipinski definition) is 4. The molecule has 0 spiro atoms. The number of anilines is 1. The molecule has 1 fully saturated rings. The molecule has 2 aromatic carbocycles. The molecule has 0 radical (unpaired) electrons. The standard InChI is InChI=1S/C18H18N2O4/c1-11(24-18(23)15-8-9-16(21)20-15)17(22)19-14-7-6-12-4-2-3-5-13(12)10-14/h2-7,10-11,15H,8-9H2,1H3,(H,19,22)(H,20,21)/t11-,15-/m1/s1. The Morgan fingerprint density at radius 3 is 2.67 bits per heavy atom. The third-order valence-corrected chi connectivity index (χ3v) is 3.96. The van der Waals surface area contributed by atoms with Crippen LogP contribution in [0, 0.1) is 0 Å². The molecular weight excluding hydrogens is 308 g/mol. The number of rotatable bonds is 4. The summed E-state index contributed by atoms with van der Waals surface area (Å²) in [5.41, 5.74) is 0.635. The first-order valence-electron chi connectivity index (χ1n) is 7.82. The summed E-state index contributed by atoms with van der Waals surface area (Å²) in [5, 5.41) is 7.34. The van der Waals surface area contributed by atoms with Crippen LogP contribution in [0.1, 0.15) is 19.8 Å². The van der Waals surface area contributed by atoms with Crippen molar-refractivity contribution in [3.05, 3.63) is 42.5 Å². The van der Waals surface area contributed by atoms with Gasteiger partial charge in [0.25, 0.3) is 5.91 Å². The summed E-state index contributed by atoms with van der Waals surface area (Å²) >= 11 is 0. The normalized spacial score (nSPS) is 18.0. The van der Waals surface area contributed by atoms with E-state index < -0.39 is 24.0 Å². The van der Waals surface area contributed by atoms with Gasteiger partial charge in [-0.2, -0.15) is 0 Å². The molecular formula is C18H18N2O4. The van der Waals surface area contributed by atoms with Gasteiger partial charge in [-0.25, -0.2) is 4.79 Å². The number of esters is 1. The Morgan fingerprint density at radius 1 is 1.21 bits per heavy atom. The van der Waals surface area contributed by atoms with Gasteiger partial charge in [-0.3, -0.25) is 9.59 Å². The van der Waals surface area contributed by atoms with Crippen molar-refractivity contribution in [1.82, 2.24) is 5.32 Å². The first-order valence-corrected chi connectivity index (χ1v) is 7.82. The average Bonchev–Trinajstić information content (AvgIpc) is 3.01. The third-order valence-electron chi connectivity index (χ3n) is 3.96. The molecule has 0 saturated carbocycles. The van der Waals surface area contributed by atoms with E-state index in [9.17, 15) is 14.4 Å². The van der Waals surface area contributed by atoms with Gasteiger partial charge in [0.2, 0.25) is 5.91 Å². The van der Waals surface area contributed by atoms with Gasteiger partial charge in [-0.1, -0.05) is 30.3 Å². The molecule has 2 amide bonds. The predicted octanol–water partition coefficient (Wildman–Crippen LogP) is 1.99. The van der Waals surface area contributed by atoms with E-state index in [1.54, 1.807) is 6.07 Å². The Hall–Kier alpha value is -2.89. The second kappa shape index (κ2) is 6.70. The highest BCUT2D eigenvalue weighted by atomic mass is 16.5. The SMILES string of the molecule is C[C@@H](OC(=O)[C@H]1CCC(=O)N1)C(=O)Nc1ccc2ccccc2c1. The lowest BCUT2D eigenvalue weighted by atomic mass is 10.1. The Bertz CT molecular complexity index is 802. The lowest BCUT2D eigenvalue weighted by molar-refractivity contribution is -0.155. The van der Waals surface area contributed by atoms with Crippen molar-refractivity contribution in [2.45, 2.75) is 31.9 Å². The van der Waals surface area contributed by atoms with Crippen LogP contribution in [0.15, 0.2) is 42.5 Å². The minimum Gasteiger partial charge on any atom is -0.451 e. The number of carbonyl (C=O) groups is 3. The molecule has 1 aliphatic rings. The van der Waals surface area contributed by atoms with Crippen LogP contribution in [0.25, 0.3) is 10.8 Å². The van der Waals surface area contributed by atoms with Crippen LogP contribution >= 0.6 is 0 Å². The molecule has 0 aliphatic carbocycles. The van der Waals surface area contributed by atoms with E-state index in [0.717, 1.165) is 10.8 Å². The second-order valence-corrected chi connectivity index (χ2v) is 5.79. The highest BCUT2D eigenvalue weighted by Crippen LogP contribution is 2.19. The van der Waals surface area contributed by atoms with Crippen LogP contribution in [-0.2, 0) is 19.1 Å². The van der Waals surface area contributed by atoms with Gasteiger partial charge in [0.05, 0.1) is 0 Å². The van der Waals surface area contributed by atoms with E-state index in [2.05, 4.69) is 10.6 Å². The largest absolute Gasteiger partial charge is 0.451 e. The molecule has 0 unspecified atom stereocenters. The summed E-state index contributed by atoms with van der Waals surface area (Å²) in [6, 6.07) is 12.7. The van der Waals surface area contributed by atoms with Crippen LogP contribution in [0.2, 0.25) is 0 Å². The van der Waals surface area contributed by atoms with Gasteiger partial charge in [-0.05, 0) is 36.2 Å². The van der Waals surface area contributed by atoms with Crippen LogP contribution in [0.5, 0.6) is 0 Å². The Morgan fingerprint density at radius 2 is 1.96 bits per heavy atom. The molecule has 2 atom stereocenters. The number of ether oxygens (including phenoxy) is 1. The Labute approximate surface area is 139 Å². The number of benzene rings is 2. The molecule has 0 aromatic heterocycles. The molecule has 1 aliphatic heterocycles. The third kappa shape index (κ3) is 3.53. The first kappa shape index (κ1) is 16.0. The van der Waals surface area contributed by atoms with Crippen LogP contribution in [-0.4, -0.2) is 29.9 Å². The van der Waals surface area contributed by atoms with Gasteiger partial charge in [0.15, 0.2) is 6.10 Å². The van der Waals surface area contributed by atoms with Gasteiger partial charge in [-0.15, -0.1) is 0 Å². The van der Waals surface area contributed by atoms with Crippen molar-refractivity contribution in [3.8, 4) is 0 Å². The quantitative estimate of drug-likeness (QED) is 0.842. The minimum atomic E-state index is -0.943. The summed E-state index contributed by atoms with van der Waals surface area (Å²) < 4.78 is 5.14. The summed E-state index contributed by atoms with van der Waals surface area (Å²) in [5.74, 6) is -1.17. The minimum absolute atomic E-state index is 0.176. The van der Waals surface area contributed by atoms with Gasteiger partial charge in [0, 0.05) is 12.1 Å². The molecule has 6 nitrogen and oxygen atoms in total. The number of carbonyl (C=O) groups excluding carboxylic acids is 3. The fraction of sp³-hybridized carbons (Fsp3) is 0.278. The molecule has 24 heavy (non-hydrogen) atoms. The molecule has 2 N–H and O–H groups in total. The molecule has 0 bridgehead atoms. The van der Waals surface area contributed by atoms with Crippen molar-refractivity contribution in [2.75, 3.05) is 5.32 Å². The van der Waals surface area contributed by atoms with E-state index in [-0.39, 0.29) is 5.91 Å². The topological polar surface area (TPSA) is 84.5 Å². The van der Waals surface area contributed by atoms with Crippen molar-refractivity contribution in [2.24, 2.45) is 0 Å². The van der Waals surface area contributed by atoms with E-state index in [4.69, 9.17) is 4.74 Å². The Kier molecular flexibility index (Phi) is 4.46. The molecule has 124 valence electrons. The van der Waals surface area contributed by atoms with Crippen molar-refractivity contribution >= 4 is 34.2 Å². The van der Waals surface area contributed by atoms with Crippen molar-refractivity contribution in [1.29, 1.82) is 0 Å². The Balaban J connectivity index is 1.60. The van der Waals surface area contributed by atoms with E-state index in [1.165, 1.54) is 6.92 Å². The van der Waals surface area contributed by atoms with Crippen molar-refractivity contribution < 1.29 is 19.1 Å². The molecule has 1 saturated heterocycles. The van der Waals surface area contributed by atoms with Gasteiger partial charge >= 0.3 is 5.97 Å². The lowest BCUT2D eigenvalue weighted by Gasteiger charge is -2.16. The number of fused-ring (bicyclic) bond motifs is 1. The maximum Gasteiger partial charge on any atom is 0.329 e. The average molecular weight is 326 g/mol. The zero-order valence-electron chi connectivity index (χ0n) is 13.2. The highest BCUT2D eigenvalue weighted by Gasteiger charge is 2.30. The van der Waals surface area contributed by atoms with E-state index in [0.29, 0.717) is 18.5 Å². The van der Waals surface area contributed by atoms with Crippen molar-refractivity contribution in [3.63, 3.8) is 0 Å². The number of nitrogens with one attached hydrogen (secondary N) is 2. The zero-order chi connectivity index (χ0) is 17.1. The monoisotopic (exact) mass is 326 g/mol.